The Kier molecular flexibility index (Phi) is 5.03. The van der Waals surface area contributed by atoms with Crippen LogP contribution in [0.3, 0.4) is 0 Å². The molecule has 0 aliphatic carbocycles. The average molecular weight is 380 g/mol. The van der Waals surface area contributed by atoms with Crippen molar-refractivity contribution in [1.29, 1.82) is 0 Å². The molecule has 8 heteroatoms. The monoisotopic (exact) mass is 380 g/mol. The fourth-order valence-electron chi connectivity index (χ4n) is 3.12. The highest BCUT2D eigenvalue weighted by Crippen LogP contribution is 2.15. The van der Waals surface area contributed by atoms with Gasteiger partial charge in [0.25, 0.3) is 5.91 Å². The second-order valence-corrected chi connectivity index (χ2v) is 6.55. The van der Waals surface area contributed by atoms with Gasteiger partial charge < -0.3 is 19.4 Å². The van der Waals surface area contributed by atoms with Crippen LogP contribution in [0.2, 0.25) is 0 Å². The summed E-state index contributed by atoms with van der Waals surface area (Å²) in [7, 11) is 0. The zero-order valence-corrected chi connectivity index (χ0v) is 15.5. The van der Waals surface area contributed by atoms with E-state index in [1.54, 1.807) is 18.2 Å². The van der Waals surface area contributed by atoms with E-state index in [0.29, 0.717) is 30.0 Å². The van der Waals surface area contributed by atoms with Crippen LogP contribution in [0, 0.1) is 6.92 Å². The highest BCUT2D eigenvalue weighted by Gasteiger charge is 2.16. The van der Waals surface area contributed by atoms with Gasteiger partial charge in [0.15, 0.2) is 0 Å². The lowest BCUT2D eigenvalue weighted by atomic mass is 10.2. The molecule has 0 unspecified atom stereocenters. The van der Waals surface area contributed by atoms with Crippen LogP contribution >= 0.6 is 0 Å². The molecule has 0 bridgehead atoms. The molecule has 1 aliphatic heterocycles. The van der Waals surface area contributed by atoms with Crippen LogP contribution in [0.25, 0.3) is 11.0 Å². The van der Waals surface area contributed by atoms with E-state index in [2.05, 4.69) is 20.2 Å². The first-order chi connectivity index (χ1) is 13.6. The number of nitrogens with one attached hydrogen (secondary N) is 1. The van der Waals surface area contributed by atoms with Crippen LogP contribution in [-0.4, -0.2) is 42.2 Å². The van der Waals surface area contributed by atoms with E-state index in [1.165, 1.54) is 6.07 Å². The fraction of sp³-hybridized carbons (Fsp3) is 0.300. The molecule has 1 N–H and O–H groups in total. The number of nitrogens with zero attached hydrogens (tertiary/aromatic N) is 3. The van der Waals surface area contributed by atoms with Gasteiger partial charge in [-0.3, -0.25) is 4.79 Å². The van der Waals surface area contributed by atoms with Crippen LogP contribution in [-0.2, 0) is 11.3 Å². The molecule has 0 atom stereocenters. The minimum atomic E-state index is -0.671. The van der Waals surface area contributed by atoms with Crippen molar-refractivity contribution in [3.05, 3.63) is 63.9 Å². The van der Waals surface area contributed by atoms with Gasteiger partial charge in [0.1, 0.15) is 22.8 Å². The van der Waals surface area contributed by atoms with Crippen LogP contribution in [0.5, 0.6) is 0 Å². The summed E-state index contributed by atoms with van der Waals surface area (Å²) in [4.78, 5) is 35.7. The van der Waals surface area contributed by atoms with Crippen molar-refractivity contribution in [2.45, 2.75) is 13.5 Å². The Balaban J connectivity index is 1.51. The quantitative estimate of drug-likeness (QED) is 0.688. The summed E-state index contributed by atoms with van der Waals surface area (Å²) in [5.41, 5.74) is 0.544. The number of aromatic nitrogens is 2. The van der Waals surface area contributed by atoms with Crippen LogP contribution in [0.15, 0.2) is 45.6 Å². The molecule has 0 saturated carbocycles. The van der Waals surface area contributed by atoms with Crippen molar-refractivity contribution in [2.75, 3.05) is 31.2 Å². The van der Waals surface area contributed by atoms with Gasteiger partial charge in [0, 0.05) is 30.2 Å². The van der Waals surface area contributed by atoms with Gasteiger partial charge >= 0.3 is 5.63 Å². The number of para-hydroxylation sites is 1. The summed E-state index contributed by atoms with van der Waals surface area (Å²) in [5.74, 6) is 0.780. The topological polar surface area (TPSA) is 97.6 Å². The average Bonchev–Trinajstić information content (AvgIpc) is 2.72. The number of ether oxygens (including phenoxy) is 1. The summed E-state index contributed by atoms with van der Waals surface area (Å²) in [6, 6.07) is 10.5. The lowest BCUT2D eigenvalue weighted by molar-refractivity contribution is 0.0946. The first-order valence-corrected chi connectivity index (χ1v) is 9.08. The van der Waals surface area contributed by atoms with Crippen molar-refractivity contribution in [1.82, 2.24) is 15.3 Å². The van der Waals surface area contributed by atoms with Crippen molar-refractivity contribution < 1.29 is 13.9 Å². The Hall–Kier alpha value is -3.26. The number of anilines is 1. The number of carbonyl (C=O) groups excluding carboxylic acids is 1. The Morgan fingerprint density at radius 2 is 1.96 bits per heavy atom. The number of benzene rings is 1. The van der Waals surface area contributed by atoms with Crippen molar-refractivity contribution in [3.63, 3.8) is 0 Å². The molecule has 1 fully saturated rings. The third kappa shape index (κ3) is 3.86. The zero-order valence-electron chi connectivity index (χ0n) is 15.5. The zero-order chi connectivity index (χ0) is 19.5. The maximum absolute atomic E-state index is 12.5. The summed E-state index contributed by atoms with van der Waals surface area (Å²) < 4.78 is 10.6. The number of amides is 1. The Morgan fingerprint density at radius 3 is 2.79 bits per heavy atom. The van der Waals surface area contributed by atoms with Gasteiger partial charge in [-0.15, -0.1) is 0 Å². The van der Waals surface area contributed by atoms with Gasteiger partial charge in [0.05, 0.1) is 19.8 Å². The molecule has 1 saturated heterocycles. The number of carbonyl (C=O) groups is 1. The van der Waals surface area contributed by atoms with Crippen molar-refractivity contribution >= 4 is 22.7 Å². The number of hydrogen-bond donors (Lipinski definition) is 1. The largest absolute Gasteiger partial charge is 0.422 e. The summed E-state index contributed by atoms with van der Waals surface area (Å²) >= 11 is 0. The fourth-order valence-corrected chi connectivity index (χ4v) is 3.12. The maximum atomic E-state index is 12.5. The highest BCUT2D eigenvalue weighted by molar-refractivity contribution is 5.96. The second-order valence-electron chi connectivity index (χ2n) is 6.55. The third-order valence-corrected chi connectivity index (χ3v) is 4.52. The Morgan fingerprint density at radius 1 is 1.18 bits per heavy atom. The molecular weight excluding hydrogens is 360 g/mol. The Bertz CT molecular complexity index is 1070. The number of rotatable bonds is 4. The first kappa shape index (κ1) is 18.1. The lowest BCUT2D eigenvalue weighted by Crippen LogP contribution is -2.37. The minimum absolute atomic E-state index is 0.0419. The van der Waals surface area contributed by atoms with E-state index >= 15 is 0 Å². The summed E-state index contributed by atoms with van der Waals surface area (Å²) in [6.45, 7) is 4.85. The standard InChI is InChI=1S/C20H20N4O4/c1-13-10-18(24-6-8-27-9-7-24)23-17(22-13)12-21-19(25)15-11-14-4-2-3-5-16(14)28-20(15)26/h2-5,10-11H,6-9,12H2,1H3,(H,21,25). The highest BCUT2D eigenvalue weighted by atomic mass is 16.5. The molecule has 4 rings (SSSR count). The normalized spacial score (nSPS) is 14.2. The van der Waals surface area contributed by atoms with Gasteiger partial charge in [-0.1, -0.05) is 18.2 Å². The molecule has 0 radical (unpaired) electrons. The van der Waals surface area contributed by atoms with Crippen LogP contribution < -0.4 is 15.8 Å². The molecule has 3 heterocycles. The molecule has 1 amide bonds. The van der Waals surface area contributed by atoms with Crippen molar-refractivity contribution in [3.8, 4) is 0 Å². The molecular formula is C20H20N4O4. The molecule has 1 aliphatic rings. The predicted octanol–water partition coefficient (Wildman–Crippen LogP) is 1.66. The van der Waals surface area contributed by atoms with E-state index < -0.39 is 11.5 Å². The number of aryl methyl sites for hydroxylation is 1. The molecule has 2 aromatic heterocycles. The Labute approximate surface area is 161 Å². The molecule has 1 aromatic carbocycles. The molecule has 28 heavy (non-hydrogen) atoms. The first-order valence-electron chi connectivity index (χ1n) is 9.08. The van der Waals surface area contributed by atoms with Gasteiger partial charge in [-0.2, -0.15) is 0 Å². The van der Waals surface area contributed by atoms with Gasteiger partial charge in [-0.25, -0.2) is 14.8 Å². The molecule has 0 spiro atoms. The van der Waals surface area contributed by atoms with E-state index in [9.17, 15) is 9.59 Å². The van der Waals surface area contributed by atoms with E-state index in [4.69, 9.17) is 9.15 Å². The molecule has 3 aromatic rings. The third-order valence-electron chi connectivity index (χ3n) is 4.52. The van der Waals surface area contributed by atoms with Crippen LogP contribution in [0.4, 0.5) is 5.82 Å². The van der Waals surface area contributed by atoms with Crippen LogP contribution in [0.1, 0.15) is 21.9 Å². The number of morpholine rings is 1. The van der Waals surface area contributed by atoms with Gasteiger partial charge in [-0.05, 0) is 19.1 Å². The van der Waals surface area contributed by atoms with E-state index in [0.717, 1.165) is 24.6 Å². The van der Waals surface area contributed by atoms with E-state index in [1.807, 2.05) is 19.1 Å². The second kappa shape index (κ2) is 7.77. The van der Waals surface area contributed by atoms with Crippen molar-refractivity contribution in [2.24, 2.45) is 0 Å². The summed E-state index contributed by atoms with van der Waals surface area (Å²) in [5, 5.41) is 3.40. The van der Waals surface area contributed by atoms with E-state index in [-0.39, 0.29) is 12.1 Å². The number of fused-ring (bicyclic) bond motifs is 1. The number of hydrogen-bond acceptors (Lipinski definition) is 7. The SMILES string of the molecule is Cc1cc(N2CCOCC2)nc(CNC(=O)c2cc3ccccc3oc2=O)n1. The maximum Gasteiger partial charge on any atom is 0.349 e. The lowest BCUT2D eigenvalue weighted by Gasteiger charge is -2.28. The minimum Gasteiger partial charge on any atom is -0.422 e. The molecule has 144 valence electrons. The van der Waals surface area contributed by atoms with Gasteiger partial charge in [0.2, 0.25) is 0 Å². The smallest absolute Gasteiger partial charge is 0.349 e. The molecule has 8 nitrogen and oxygen atoms in total. The predicted molar refractivity (Wildman–Crippen MR) is 103 cm³/mol. The summed E-state index contributed by atoms with van der Waals surface area (Å²) in [6.07, 6.45) is 0.